The minimum Gasteiger partial charge on any atom is -0.497 e. The van der Waals surface area contributed by atoms with E-state index in [-0.39, 0.29) is 18.6 Å². The van der Waals surface area contributed by atoms with Gasteiger partial charge in [0.15, 0.2) is 0 Å². The summed E-state index contributed by atoms with van der Waals surface area (Å²) in [6.07, 6.45) is -0.204. The molecule has 8 nitrogen and oxygen atoms in total. The lowest BCUT2D eigenvalue weighted by Crippen LogP contribution is -2.42. The molecule has 1 aliphatic heterocycles. The lowest BCUT2D eigenvalue weighted by Gasteiger charge is -2.32. The van der Waals surface area contributed by atoms with Crippen LogP contribution in [0.25, 0.3) is 0 Å². The van der Waals surface area contributed by atoms with Crippen molar-refractivity contribution in [2.75, 3.05) is 44.0 Å². The number of ether oxygens (including phenoxy) is 2. The largest absolute Gasteiger partial charge is 0.497 e. The first kappa shape index (κ1) is 21.7. The number of carbonyl (C=O) groups is 1. The molecule has 0 saturated carbocycles. The summed E-state index contributed by atoms with van der Waals surface area (Å²) >= 11 is 0. The number of morpholine rings is 1. The van der Waals surface area contributed by atoms with Gasteiger partial charge in [0.05, 0.1) is 26.0 Å². The Labute approximate surface area is 187 Å². The number of methoxy groups -OCH3 is 1. The van der Waals surface area contributed by atoms with E-state index in [1.807, 2.05) is 67.6 Å². The minimum atomic E-state index is -0.204. The topological polar surface area (TPSA) is 88.6 Å². The molecule has 1 aliphatic rings. The third kappa shape index (κ3) is 5.81. The maximum absolute atomic E-state index is 12.5. The van der Waals surface area contributed by atoms with Crippen LogP contribution in [0.5, 0.6) is 5.75 Å². The number of pyridine rings is 2. The Balaban J connectivity index is 1.35. The van der Waals surface area contributed by atoms with Gasteiger partial charge in [-0.1, -0.05) is 12.1 Å². The number of rotatable bonds is 7. The van der Waals surface area contributed by atoms with Crippen molar-refractivity contribution in [1.82, 2.24) is 14.9 Å². The molecular weight excluding hydrogens is 406 g/mol. The Kier molecular flexibility index (Phi) is 6.94. The molecule has 2 N–H and O–H groups in total. The fraction of sp³-hybridized carbons (Fsp3) is 0.292. The number of aromatic nitrogens is 2. The fourth-order valence-corrected chi connectivity index (χ4v) is 3.55. The van der Waals surface area contributed by atoms with E-state index < -0.39 is 0 Å². The van der Waals surface area contributed by atoms with E-state index in [9.17, 15) is 4.79 Å². The second-order valence-corrected chi connectivity index (χ2v) is 7.61. The summed E-state index contributed by atoms with van der Waals surface area (Å²) in [6.45, 7) is 4.06. The van der Waals surface area contributed by atoms with E-state index in [4.69, 9.17) is 14.5 Å². The second kappa shape index (κ2) is 10.2. The number of nitrogens with one attached hydrogen (secondary N) is 2. The Bertz CT molecular complexity index is 1060. The van der Waals surface area contributed by atoms with Gasteiger partial charge in [-0.15, -0.1) is 0 Å². The minimum absolute atomic E-state index is 0.0651. The van der Waals surface area contributed by atoms with Crippen LogP contribution in [0.3, 0.4) is 0 Å². The van der Waals surface area contributed by atoms with E-state index in [1.165, 1.54) is 0 Å². The van der Waals surface area contributed by atoms with Crippen LogP contribution < -0.4 is 15.4 Å². The number of amides is 1. The highest BCUT2D eigenvalue weighted by molar-refractivity contribution is 5.92. The highest BCUT2D eigenvalue weighted by Crippen LogP contribution is 2.23. The van der Waals surface area contributed by atoms with Crippen molar-refractivity contribution in [3.8, 4) is 5.75 Å². The van der Waals surface area contributed by atoms with Gasteiger partial charge in [-0.25, -0.2) is 9.97 Å². The van der Waals surface area contributed by atoms with Crippen LogP contribution in [-0.2, 0) is 9.53 Å². The van der Waals surface area contributed by atoms with Crippen molar-refractivity contribution in [3.05, 3.63) is 72.1 Å². The first-order valence-electron chi connectivity index (χ1n) is 10.5. The van der Waals surface area contributed by atoms with Crippen molar-refractivity contribution in [2.24, 2.45) is 0 Å². The maximum Gasteiger partial charge on any atom is 0.238 e. The van der Waals surface area contributed by atoms with E-state index in [1.54, 1.807) is 7.11 Å². The quantitative estimate of drug-likeness (QED) is 0.589. The van der Waals surface area contributed by atoms with E-state index in [0.717, 1.165) is 28.6 Å². The summed E-state index contributed by atoms with van der Waals surface area (Å²) in [6, 6.07) is 18.9. The molecule has 0 unspecified atom stereocenters. The fourth-order valence-electron chi connectivity index (χ4n) is 3.55. The normalized spacial score (nSPS) is 16.4. The number of anilines is 3. The van der Waals surface area contributed by atoms with Gasteiger partial charge in [0, 0.05) is 24.5 Å². The van der Waals surface area contributed by atoms with Crippen LogP contribution in [0.15, 0.2) is 60.7 Å². The summed E-state index contributed by atoms with van der Waals surface area (Å²) in [5.41, 5.74) is 2.50. The molecule has 32 heavy (non-hydrogen) atoms. The summed E-state index contributed by atoms with van der Waals surface area (Å²) in [4.78, 5) is 23.7. The molecule has 0 radical (unpaired) electrons. The first-order valence-corrected chi connectivity index (χ1v) is 10.5. The molecule has 1 aromatic carbocycles. The predicted molar refractivity (Wildman–Crippen MR) is 123 cm³/mol. The van der Waals surface area contributed by atoms with Gasteiger partial charge in [-0.05, 0) is 55.5 Å². The van der Waals surface area contributed by atoms with Crippen molar-refractivity contribution in [2.45, 2.75) is 13.0 Å². The highest BCUT2D eigenvalue weighted by atomic mass is 16.5. The molecule has 8 heteroatoms. The lowest BCUT2D eigenvalue weighted by molar-refractivity contribution is -0.119. The Morgan fingerprint density at radius 2 is 1.84 bits per heavy atom. The third-order valence-electron chi connectivity index (χ3n) is 5.14. The number of aryl methyl sites for hydroxylation is 1. The number of nitrogens with zero attached hydrogens (tertiary/aromatic N) is 3. The SMILES string of the molecule is COc1ccc(NC(=O)CN2CCO[C@@H](c3cccc(Nc4cccc(C)n4)n3)C2)cc1. The number of hydrogen-bond donors (Lipinski definition) is 2. The van der Waals surface area contributed by atoms with Gasteiger partial charge >= 0.3 is 0 Å². The van der Waals surface area contributed by atoms with E-state index in [0.29, 0.717) is 25.5 Å². The standard InChI is InChI=1S/C24H27N5O3/c1-17-5-3-7-22(25-17)28-23-8-4-6-20(27-23)21-15-29(13-14-32-21)16-24(30)26-18-9-11-19(31-2)12-10-18/h3-12,21H,13-16H2,1-2H3,(H,26,30)(H,25,27,28)/t21-/m1/s1. The molecule has 1 atom stereocenters. The summed E-state index contributed by atoms with van der Waals surface area (Å²) in [7, 11) is 1.61. The molecule has 1 fully saturated rings. The van der Waals surface area contributed by atoms with Crippen molar-refractivity contribution < 1.29 is 14.3 Å². The number of benzene rings is 1. The van der Waals surface area contributed by atoms with E-state index in [2.05, 4.69) is 20.5 Å². The van der Waals surface area contributed by atoms with Crippen LogP contribution in [0.2, 0.25) is 0 Å². The Morgan fingerprint density at radius 3 is 2.59 bits per heavy atom. The summed E-state index contributed by atoms with van der Waals surface area (Å²) in [5, 5.41) is 6.17. The van der Waals surface area contributed by atoms with Crippen molar-refractivity contribution >= 4 is 23.2 Å². The Morgan fingerprint density at radius 1 is 1.09 bits per heavy atom. The molecule has 3 aromatic rings. The van der Waals surface area contributed by atoms with Crippen LogP contribution in [0, 0.1) is 6.92 Å². The molecular formula is C24H27N5O3. The summed E-state index contributed by atoms with van der Waals surface area (Å²) < 4.78 is 11.1. The second-order valence-electron chi connectivity index (χ2n) is 7.61. The molecule has 0 spiro atoms. The predicted octanol–water partition coefficient (Wildman–Crippen LogP) is 3.55. The molecule has 1 saturated heterocycles. The summed E-state index contributed by atoms with van der Waals surface area (Å²) in [5.74, 6) is 2.14. The molecule has 1 amide bonds. The van der Waals surface area contributed by atoms with Gasteiger partial charge < -0.3 is 20.1 Å². The highest BCUT2D eigenvalue weighted by Gasteiger charge is 2.24. The van der Waals surface area contributed by atoms with Gasteiger partial charge in [-0.2, -0.15) is 0 Å². The third-order valence-corrected chi connectivity index (χ3v) is 5.14. The number of hydrogen-bond acceptors (Lipinski definition) is 7. The molecule has 4 rings (SSSR count). The van der Waals surface area contributed by atoms with Gasteiger partial charge in [0.1, 0.15) is 23.5 Å². The van der Waals surface area contributed by atoms with Gasteiger partial charge in [0.25, 0.3) is 0 Å². The van der Waals surface area contributed by atoms with Crippen LogP contribution >= 0.6 is 0 Å². The maximum atomic E-state index is 12.5. The smallest absolute Gasteiger partial charge is 0.238 e. The average molecular weight is 434 g/mol. The monoisotopic (exact) mass is 433 g/mol. The zero-order valence-electron chi connectivity index (χ0n) is 18.2. The van der Waals surface area contributed by atoms with E-state index >= 15 is 0 Å². The van der Waals surface area contributed by atoms with Crippen LogP contribution in [0.4, 0.5) is 17.3 Å². The van der Waals surface area contributed by atoms with Crippen molar-refractivity contribution in [1.29, 1.82) is 0 Å². The van der Waals surface area contributed by atoms with Crippen LogP contribution in [0.1, 0.15) is 17.5 Å². The van der Waals surface area contributed by atoms with Crippen molar-refractivity contribution in [3.63, 3.8) is 0 Å². The van der Waals surface area contributed by atoms with Gasteiger partial charge in [0.2, 0.25) is 5.91 Å². The molecule has 3 heterocycles. The molecule has 0 bridgehead atoms. The zero-order valence-corrected chi connectivity index (χ0v) is 18.2. The lowest BCUT2D eigenvalue weighted by atomic mass is 10.2. The molecule has 0 aliphatic carbocycles. The Hall–Kier alpha value is -3.49. The van der Waals surface area contributed by atoms with Crippen LogP contribution in [-0.4, -0.2) is 54.1 Å². The number of carbonyl (C=O) groups excluding carboxylic acids is 1. The zero-order chi connectivity index (χ0) is 22.3. The average Bonchev–Trinajstić information content (AvgIpc) is 2.80. The first-order chi connectivity index (χ1) is 15.6. The van der Waals surface area contributed by atoms with Gasteiger partial charge in [-0.3, -0.25) is 9.69 Å². The molecule has 166 valence electrons. The molecule has 2 aromatic heterocycles.